The molecule has 1 amide bonds. The minimum Gasteiger partial charge on any atom is -0.467 e. The highest BCUT2D eigenvalue weighted by Crippen LogP contribution is 2.29. The number of methoxy groups -OCH3 is 1. The molecule has 0 spiro atoms. The molecule has 0 saturated carbocycles. The van der Waals surface area contributed by atoms with Crippen molar-refractivity contribution in [3.05, 3.63) is 52.5 Å². The number of aromatic nitrogens is 2. The Morgan fingerprint density at radius 1 is 1.29 bits per heavy atom. The molecule has 148 valence electrons. The van der Waals surface area contributed by atoms with Gasteiger partial charge in [-0.2, -0.15) is 5.10 Å². The molecule has 0 fully saturated rings. The lowest BCUT2D eigenvalue weighted by atomic mass is 9.99. The number of esters is 1. The highest BCUT2D eigenvalue weighted by Gasteiger charge is 2.28. The fourth-order valence-corrected chi connectivity index (χ4v) is 4.16. The Labute approximate surface area is 168 Å². The average Bonchev–Trinajstić information content (AvgIpc) is 3.27. The van der Waals surface area contributed by atoms with Crippen molar-refractivity contribution >= 4 is 33.4 Å². The van der Waals surface area contributed by atoms with E-state index in [1.165, 1.54) is 18.4 Å². The Hall–Kier alpha value is -2.67. The number of aryl methyl sites for hydroxylation is 1. The molecule has 0 unspecified atom stereocenters. The van der Waals surface area contributed by atoms with Gasteiger partial charge >= 0.3 is 5.97 Å². The zero-order valence-electron chi connectivity index (χ0n) is 16.6. The third-order valence-electron chi connectivity index (χ3n) is 4.96. The Morgan fingerprint density at radius 3 is 2.64 bits per heavy atom. The highest BCUT2D eigenvalue weighted by molar-refractivity contribution is 7.20. The first-order valence-electron chi connectivity index (χ1n) is 9.34. The van der Waals surface area contributed by atoms with Gasteiger partial charge < -0.3 is 10.1 Å². The summed E-state index contributed by atoms with van der Waals surface area (Å²) in [5.74, 6) is -0.695. The van der Waals surface area contributed by atoms with Crippen molar-refractivity contribution < 1.29 is 14.3 Å². The number of nitrogens with zero attached hydrogens (tertiary/aromatic N) is 2. The summed E-state index contributed by atoms with van der Waals surface area (Å²) in [7, 11) is 1.34. The summed E-state index contributed by atoms with van der Waals surface area (Å²) in [4.78, 5) is 26.4. The summed E-state index contributed by atoms with van der Waals surface area (Å²) in [5.41, 5.74) is 2.03. The van der Waals surface area contributed by atoms with Crippen molar-refractivity contribution in [2.45, 2.75) is 39.8 Å². The van der Waals surface area contributed by atoms with Crippen LogP contribution < -0.4 is 5.32 Å². The molecule has 3 aromatic rings. The van der Waals surface area contributed by atoms with Crippen LogP contribution in [0.4, 0.5) is 0 Å². The van der Waals surface area contributed by atoms with Gasteiger partial charge in [-0.05, 0) is 24.5 Å². The lowest BCUT2D eigenvalue weighted by molar-refractivity contribution is -0.144. The number of carbonyl (C=O) groups excluding carboxylic acids is 2. The summed E-state index contributed by atoms with van der Waals surface area (Å²) >= 11 is 1.39. The number of hydrogen-bond acceptors (Lipinski definition) is 5. The molecule has 0 aliphatic carbocycles. The van der Waals surface area contributed by atoms with Crippen molar-refractivity contribution in [2.75, 3.05) is 7.11 Å². The van der Waals surface area contributed by atoms with E-state index in [9.17, 15) is 9.59 Å². The maximum atomic E-state index is 12.8. The third-order valence-corrected chi connectivity index (χ3v) is 6.11. The van der Waals surface area contributed by atoms with Gasteiger partial charge in [-0.15, -0.1) is 11.3 Å². The van der Waals surface area contributed by atoms with Crippen LogP contribution >= 0.6 is 11.3 Å². The molecule has 0 bridgehead atoms. The number of nitrogens with one attached hydrogen (secondary N) is 1. The third kappa shape index (κ3) is 4.09. The molecule has 0 saturated heterocycles. The molecule has 1 aromatic carbocycles. The molecular formula is C21H25N3O3S. The number of amides is 1. The molecule has 0 radical (unpaired) electrons. The quantitative estimate of drug-likeness (QED) is 0.614. The van der Waals surface area contributed by atoms with E-state index < -0.39 is 12.0 Å². The van der Waals surface area contributed by atoms with Crippen LogP contribution in [0, 0.1) is 12.8 Å². The van der Waals surface area contributed by atoms with E-state index in [0.29, 0.717) is 11.4 Å². The van der Waals surface area contributed by atoms with Gasteiger partial charge in [-0.25, -0.2) is 4.79 Å². The first-order chi connectivity index (χ1) is 13.4. The van der Waals surface area contributed by atoms with Gasteiger partial charge in [0.05, 0.1) is 24.2 Å². The van der Waals surface area contributed by atoms with Crippen LogP contribution in [0.15, 0.2) is 36.4 Å². The normalized spacial score (nSPS) is 13.3. The predicted octanol–water partition coefficient (Wildman–Crippen LogP) is 3.77. The van der Waals surface area contributed by atoms with E-state index in [1.807, 2.05) is 49.7 Å². The first kappa shape index (κ1) is 20.1. The average molecular weight is 400 g/mol. The van der Waals surface area contributed by atoms with Crippen LogP contribution in [0.25, 0.3) is 10.2 Å². The number of thiophene rings is 1. The fourth-order valence-electron chi connectivity index (χ4n) is 3.10. The van der Waals surface area contributed by atoms with Crippen LogP contribution in [0.5, 0.6) is 0 Å². The predicted molar refractivity (Wildman–Crippen MR) is 111 cm³/mol. The molecule has 1 N–H and O–H groups in total. The molecule has 2 aromatic heterocycles. The summed E-state index contributed by atoms with van der Waals surface area (Å²) in [5, 5.41) is 8.41. The maximum Gasteiger partial charge on any atom is 0.328 e. The Kier molecular flexibility index (Phi) is 6.14. The molecule has 0 aliphatic heterocycles. The maximum absolute atomic E-state index is 12.8. The zero-order valence-corrected chi connectivity index (χ0v) is 17.4. The monoisotopic (exact) mass is 399 g/mol. The second kappa shape index (κ2) is 8.56. The molecule has 28 heavy (non-hydrogen) atoms. The second-order valence-electron chi connectivity index (χ2n) is 6.92. The number of ether oxygens (including phenoxy) is 1. The topological polar surface area (TPSA) is 73.2 Å². The van der Waals surface area contributed by atoms with Gasteiger partial charge in [0.1, 0.15) is 10.9 Å². The van der Waals surface area contributed by atoms with Gasteiger partial charge in [-0.1, -0.05) is 50.6 Å². The number of carbonyl (C=O) groups is 2. The minimum absolute atomic E-state index is 0.0129. The van der Waals surface area contributed by atoms with Crippen molar-refractivity contribution in [2.24, 2.45) is 5.92 Å². The van der Waals surface area contributed by atoms with Crippen LogP contribution in [0.2, 0.25) is 0 Å². The molecule has 2 atom stereocenters. The molecule has 3 rings (SSSR count). The van der Waals surface area contributed by atoms with E-state index >= 15 is 0 Å². The lowest BCUT2D eigenvalue weighted by Crippen LogP contribution is -2.45. The zero-order chi connectivity index (χ0) is 20.3. The number of hydrogen-bond donors (Lipinski definition) is 1. The standard InChI is InChI=1S/C21H25N3O3S/c1-5-13(2)18(21(26)27-4)22-19(25)17-11-16-14(3)23-24(20(16)28-17)12-15-9-7-6-8-10-15/h6-11,13,18H,5,12H2,1-4H3,(H,22,25)/t13-,18+/m1/s1. The number of rotatable bonds is 7. The fraction of sp³-hybridized carbons (Fsp3) is 0.381. The largest absolute Gasteiger partial charge is 0.467 e. The van der Waals surface area contributed by atoms with Crippen molar-refractivity contribution in [3.8, 4) is 0 Å². The van der Waals surface area contributed by atoms with E-state index in [0.717, 1.165) is 27.9 Å². The van der Waals surface area contributed by atoms with E-state index in [1.54, 1.807) is 0 Å². The molecule has 7 heteroatoms. The SMILES string of the molecule is CC[C@@H](C)[C@H](NC(=O)c1cc2c(C)nn(Cc3ccccc3)c2s1)C(=O)OC. The Balaban J connectivity index is 1.86. The van der Waals surface area contributed by atoms with Gasteiger partial charge in [0.2, 0.25) is 0 Å². The van der Waals surface area contributed by atoms with Crippen LogP contribution in [-0.2, 0) is 16.1 Å². The van der Waals surface area contributed by atoms with Crippen LogP contribution in [0.3, 0.4) is 0 Å². The number of fused-ring (bicyclic) bond motifs is 1. The summed E-state index contributed by atoms with van der Waals surface area (Å²) < 4.78 is 6.78. The summed E-state index contributed by atoms with van der Waals surface area (Å²) in [6.07, 6.45) is 0.762. The van der Waals surface area contributed by atoms with E-state index in [-0.39, 0.29) is 11.8 Å². The van der Waals surface area contributed by atoms with Crippen LogP contribution in [-0.4, -0.2) is 34.8 Å². The second-order valence-corrected chi connectivity index (χ2v) is 7.95. The summed E-state index contributed by atoms with van der Waals surface area (Å²) in [6.45, 7) is 6.49. The molecule has 6 nitrogen and oxygen atoms in total. The Morgan fingerprint density at radius 2 is 2.00 bits per heavy atom. The van der Waals surface area contributed by atoms with Crippen LogP contribution in [0.1, 0.15) is 41.2 Å². The smallest absolute Gasteiger partial charge is 0.328 e. The number of benzene rings is 1. The van der Waals surface area contributed by atoms with Gasteiger partial charge in [-0.3, -0.25) is 9.48 Å². The first-order valence-corrected chi connectivity index (χ1v) is 10.2. The van der Waals surface area contributed by atoms with Gasteiger partial charge in [0, 0.05) is 5.39 Å². The Bertz CT molecular complexity index is 978. The van der Waals surface area contributed by atoms with E-state index in [4.69, 9.17) is 4.74 Å². The van der Waals surface area contributed by atoms with E-state index in [2.05, 4.69) is 22.5 Å². The summed E-state index contributed by atoms with van der Waals surface area (Å²) in [6, 6.07) is 11.3. The van der Waals surface area contributed by atoms with Crippen molar-refractivity contribution in [1.82, 2.24) is 15.1 Å². The molecule has 2 heterocycles. The molecular weight excluding hydrogens is 374 g/mol. The molecule has 0 aliphatic rings. The van der Waals surface area contributed by atoms with Crippen molar-refractivity contribution in [1.29, 1.82) is 0 Å². The minimum atomic E-state index is -0.658. The highest BCUT2D eigenvalue weighted by atomic mass is 32.1. The lowest BCUT2D eigenvalue weighted by Gasteiger charge is -2.21. The van der Waals surface area contributed by atoms with Crippen molar-refractivity contribution in [3.63, 3.8) is 0 Å². The van der Waals surface area contributed by atoms with Gasteiger partial charge in [0.25, 0.3) is 5.91 Å². The van der Waals surface area contributed by atoms with Gasteiger partial charge in [0.15, 0.2) is 0 Å².